The van der Waals surface area contributed by atoms with Crippen molar-refractivity contribution in [1.82, 2.24) is 14.5 Å². The first-order chi connectivity index (χ1) is 17.3. The molecule has 2 heterocycles. The lowest BCUT2D eigenvalue weighted by atomic mass is 9.87. The summed E-state index contributed by atoms with van der Waals surface area (Å²) in [5.41, 5.74) is 2.89. The van der Waals surface area contributed by atoms with E-state index in [4.69, 9.17) is 6.42 Å². The molecule has 0 radical (unpaired) electrons. The Hall–Kier alpha value is -3.38. The minimum absolute atomic E-state index is 0.0934. The van der Waals surface area contributed by atoms with Gasteiger partial charge in [-0.05, 0) is 49.8 Å². The number of nitrogens with one attached hydrogen (secondary N) is 2. The first-order valence-corrected chi connectivity index (χ1v) is 14.4. The molecule has 8 nitrogen and oxygen atoms in total. The molecular formula is C27H33N5O3S. The maximum atomic E-state index is 12.7. The van der Waals surface area contributed by atoms with Gasteiger partial charge >= 0.3 is 0 Å². The van der Waals surface area contributed by atoms with E-state index in [0.29, 0.717) is 28.8 Å². The number of terminal acetylenes is 1. The minimum atomic E-state index is -2.68. The zero-order chi connectivity index (χ0) is 25.7. The number of anilines is 3. The number of aromatic nitrogens is 3. The maximum absolute atomic E-state index is 12.7. The van der Waals surface area contributed by atoms with Crippen LogP contribution in [0.4, 0.5) is 17.3 Å². The molecule has 2 fully saturated rings. The van der Waals surface area contributed by atoms with E-state index in [1.165, 1.54) is 18.7 Å². The molecule has 5 rings (SSSR count). The predicted molar refractivity (Wildman–Crippen MR) is 146 cm³/mol. The lowest BCUT2D eigenvalue weighted by Crippen LogP contribution is -2.24. The van der Waals surface area contributed by atoms with Crippen molar-refractivity contribution in [3.8, 4) is 12.3 Å². The van der Waals surface area contributed by atoms with Gasteiger partial charge in [0.25, 0.3) is 5.56 Å². The zero-order valence-corrected chi connectivity index (χ0v) is 21.6. The quantitative estimate of drug-likeness (QED) is 0.473. The molecule has 0 spiro atoms. The van der Waals surface area contributed by atoms with E-state index in [1.54, 1.807) is 10.8 Å². The highest BCUT2D eigenvalue weighted by Crippen LogP contribution is 2.31. The molecule has 1 aromatic carbocycles. The second-order valence-electron chi connectivity index (χ2n) is 9.62. The molecule has 2 N–H and O–H groups in total. The molecule has 0 saturated heterocycles. The SMILES string of the molecule is C#Cc1cc(=O)n(C2CCCC2)c2nc(Nc3cccc(NC)c3)ncc12.CS(=O)(=O)CC1CCC1. The number of benzene rings is 1. The van der Waals surface area contributed by atoms with Gasteiger partial charge in [-0.3, -0.25) is 9.36 Å². The van der Waals surface area contributed by atoms with Crippen LogP contribution in [0.2, 0.25) is 0 Å². The first kappa shape index (κ1) is 25.7. The smallest absolute Gasteiger partial charge is 0.253 e. The topological polar surface area (TPSA) is 106 Å². The van der Waals surface area contributed by atoms with Crippen molar-refractivity contribution < 1.29 is 8.42 Å². The van der Waals surface area contributed by atoms with Crippen LogP contribution in [0, 0.1) is 18.3 Å². The Morgan fingerprint density at radius 3 is 2.42 bits per heavy atom. The molecular weight excluding hydrogens is 474 g/mol. The highest BCUT2D eigenvalue weighted by Gasteiger charge is 2.22. The number of sulfone groups is 1. The van der Waals surface area contributed by atoms with Crippen LogP contribution in [0.5, 0.6) is 0 Å². The number of hydrogen-bond acceptors (Lipinski definition) is 7. The van der Waals surface area contributed by atoms with Gasteiger partial charge in [-0.1, -0.05) is 31.2 Å². The standard InChI is InChI=1S/C21H21N5O.C6H12O2S/c1-3-14-11-19(27)26(17-9-4-5-10-17)20-18(14)13-23-21(25-20)24-16-8-6-7-15(12-16)22-2;1-9(7,8)5-6-3-2-4-6/h1,6-8,11-13,17,22H,4-5,9-10H2,2H3,(H,23,24,25);6H,2-5H2,1H3. The van der Waals surface area contributed by atoms with E-state index in [0.717, 1.165) is 55.3 Å². The number of nitrogens with zero attached hydrogens (tertiary/aromatic N) is 3. The van der Waals surface area contributed by atoms with E-state index in [9.17, 15) is 13.2 Å². The summed E-state index contributed by atoms with van der Waals surface area (Å²) in [6.45, 7) is 0. The summed E-state index contributed by atoms with van der Waals surface area (Å²) >= 11 is 0. The zero-order valence-electron chi connectivity index (χ0n) is 20.8. The van der Waals surface area contributed by atoms with Crippen molar-refractivity contribution in [2.45, 2.75) is 51.0 Å². The lowest BCUT2D eigenvalue weighted by molar-refractivity contribution is 0.347. The predicted octanol–water partition coefficient (Wildman–Crippen LogP) is 4.50. The third-order valence-corrected chi connectivity index (χ3v) is 7.89. The average molecular weight is 508 g/mol. The molecule has 2 aromatic heterocycles. The van der Waals surface area contributed by atoms with Gasteiger partial charge in [0.15, 0.2) is 0 Å². The van der Waals surface area contributed by atoms with Gasteiger partial charge < -0.3 is 10.6 Å². The second kappa shape index (κ2) is 11.1. The van der Waals surface area contributed by atoms with E-state index >= 15 is 0 Å². The van der Waals surface area contributed by atoms with Crippen LogP contribution in [-0.2, 0) is 9.84 Å². The van der Waals surface area contributed by atoms with E-state index in [1.807, 2.05) is 31.3 Å². The summed E-state index contributed by atoms with van der Waals surface area (Å²) in [4.78, 5) is 21.8. The molecule has 0 atom stereocenters. The number of pyridine rings is 1. The van der Waals surface area contributed by atoms with Gasteiger partial charge in [0.05, 0.1) is 11.1 Å². The molecule has 2 aliphatic carbocycles. The van der Waals surface area contributed by atoms with Crippen LogP contribution in [0.1, 0.15) is 56.6 Å². The Bertz CT molecular complexity index is 1430. The largest absolute Gasteiger partial charge is 0.388 e. The lowest BCUT2D eigenvalue weighted by Gasteiger charge is -2.23. The normalized spacial score (nSPS) is 16.0. The van der Waals surface area contributed by atoms with Crippen LogP contribution in [-0.4, -0.2) is 42.0 Å². The van der Waals surface area contributed by atoms with Crippen LogP contribution < -0.4 is 16.2 Å². The maximum Gasteiger partial charge on any atom is 0.253 e. The highest BCUT2D eigenvalue weighted by atomic mass is 32.2. The Morgan fingerprint density at radius 2 is 1.83 bits per heavy atom. The van der Waals surface area contributed by atoms with Crippen LogP contribution in [0.25, 0.3) is 11.0 Å². The summed E-state index contributed by atoms with van der Waals surface area (Å²) in [5, 5.41) is 7.05. The van der Waals surface area contributed by atoms with Gasteiger partial charge in [-0.15, -0.1) is 6.42 Å². The minimum Gasteiger partial charge on any atom is -0.388 e. The van der Waals surface area contributed by atoms with Crippen molar-refractivity contribution >= 4 is 38.2 Å². The van der Waals surface area contributed by atoms with Gasteiger partial charge in [0.1, 0.15) is 15.5 Å². The van der Waals surface area contributed by atoms with Crippen molar-refractivity contribution in [3.63, 3.8) is 0 Å². The third kappa shape index (κ3) is 6.24. The summed E-state index contributed by atoms with van der Waals surface area (Å²) in [7, 11) is -0.816. The Balaban J connectivity index is 0.000000286. The molecule has 190 valence electrons. The molecule has 0 unspecified atom stereocenters. The Kier molecular flexibility index (Phi) is 7.94. The number of fused-ring (bicyclic) bond motifs is 1. The Morgan fingerprint density at radius 1 is 1.11 bits per heavy atom. The fourth-order valence-electron chi connectivity index (χ4n) is 4.79. The van der Waals surface area contributed by atoms with Gasteiger partial charge in [-0.25, -0.2) is 13.4 Å². The van der Waals surface area contributed by atoms with E-state index in [-0.39, 0.29) is 11.6 Å². The van der Waals surface area contributed by atoms with Crippen molar-refractivity contribution in [3.05, 3.63) is 52.4 Å². The molecule has 3 aromatic rings. The van der Waals surface area contributed by atoms with Gasteiger partial charge in [0, 0.05) is 48.5 Å². The van der Waals surface area contributed by atoms with Crippen LogP contribution in [0.15, 0.2) is 41.3 Å². The monoisotopic (exact) mass is 507 g/mol. The van der Waals surface area contributed by atoms with Crippen molar-refractivity contribution in [1.29, 1.82) is 0 Å². The summed E-state index contributed by atoms with van der Waals surface area (Å²) in [5.74, 6) is 3.93. The molecule has 2 aliphatic rings. The van der Waals surface area contributed by atoms with E-state index in [2.05, 4.69) is 26.5 Å². The Labute approximate surface area is 212 Å². The fraction of sp³-hybridized carbons (Fsp3) is 0.444. The molecule has 0 bridgehead atoms. The van der Waals surface area contributed by atoms with Gasteiger partial charge in [0.2, 0.25) is 5.95 Å². The van der Waals surface area contributed by atoms with Crippen LogP contribution in [0.3, 0.4) is 0 Å². The summed E-state index contributed by atoms with van der Waals surface area (Å²) < 4.78 is 23.1. The van der Waals surface area contributed by atoms with Crippen molar-refractivity contribution in [2.75, 3.05) is 29.7 Å². The molecule has 9 heteroatoms. The molecule has 2 saturated carbocycles. The average Bonchev–Trinajstić information content (AvgIpc) is 3.35. The number of hydrogen-bond donors (Lipinski definition) is 2. The molecule has 0 amide bonds. The first-order valence-electron chi connectivity index (χ1n) is 12.4. The summed E-state index contributed by atoms with van der Waals surface area (Å²) in [6.07, 6.45) is 16.3. The van der Waals surface area contributed by atoms with Crippen molar-refractivity contribution in [2.24, 2.45) is 5.92 Å². The van der Waals surface area contributed by atoms with E-state index < -0.39 is 9.84 Å². The third-order valence-electron chi connectivity index (χ3n) is 6.81. The highest BCUT2D eigenvalue weighted by molar-refractivity contribution is 7.90. The van der Waals surface area contributed by atoms with Gasteiger partial charge in [-0.2, -0.15) is 4.98 Å². The number of rotatable bonds is 6. The van der Waals surface area contributed by atoms with Crippen LogP contribution >= 0.6 is 0 Å². The second-order valence-corrected chi connectivity index (χ2v) is 11.8. The molecule has 0 aliphatic heterocycles. The summed E-state index contributed by atoms with van der Waals surface area (Å²) in [6, 6.07) is 9.52. The fourth-order valence-corrected chi connectivity index (χ4v) is 5.98. The molecule has 36 heavy (non-hydrogen) atoms.